The highest BCUT2D eigenvalue weighted by Gasteiger charge is 2.08. The summed E-state index contributed by atoms with van der Waals surface area (Å²) in [5.74, 6) is 1.67. The van der Waals surface area contributed by atoms with Crippen molar-refractivity contribution < 1.29 is 0 Å². The predicted octanol–water partition coefficient (Wildman–Crippen LogP) is 3.56. The number of hydrogen-bond acceptors (Lipinski definition) is 6. The number of halogens is 1. The first-order chi connectivity index (χ1) is 11.7. The number of aromatic nitrogens is 5. The van der Waals surface area contributed by atoms with Gasteiger partial charge in [0, 0.05) is 30.7 Å². The normalized spacial score (nSPS) is 10.6. The van der Waals surface area contributed by atoms with Crippen molar-refractivity contribution >= 4 is 29.2 Å². The molecule has 0 fully saturated rings. The van der Waals surface area contributed by atoms with E-state index in [1.165, 1.54) is 0 Å². The molecule has 0 radical (unpaired) electrons. The third-order valence-corrected chi connectivity index (χ3v) is 3.59. The van der Waals surface area contributed by atoms with E-state index >= 15 is 0 Å². The molecule has 0 aliphatic rings. The van der Waals surface area contributed by atoms with E-state index in [0.717, 1.165) is 24.1 Å². The molecule has 0 bridgehead atoms. The highest BCUT2D eigenvalue weighted by Crippen LogP contribution is 2.23. The number of anilines is 3. The summed E-state index contributed by atoms with van der Waals surface area (Å²) in [5.41, 5.74) is 2.11. The summed E-state index contributed by atoms with van der Waals surface area (Å²) in [7, 11) is 0. The largest absolute Gasteiger partial charge is 0.350 e. The first kappa shape index (κ1) is 16.2. The Morgan fingerprint density at radius 3 is 3.00 bits per heavy atom. The van der Waals surface area contributed by atoms with E-state index < -0.39 is 0 Å². The molecule has 124 valence electrons. The second-order valence-corrected chi connectivity index (χ2v) is 5.67. The summed E-state index contributed by atoms with van der Waals surface area (Å²) in [6, 6.07) is 5.82. The van der Waals surface area contributed by atoms with Crippen LogP contribution in [0.25, 0.3) is 0 Å². The van der Waals surface area contributed by atoms with Crippen LogP contribution in [0, 0.1) is 0 Å². The molecule has 0 aromatic carbocycles. The van der Waals surface area contributed by atoms with Gasteiger partial charge in [-0.2, -0.15) is 10.1 Å². The van der Waals surface area contributed by atoms with Gasteiger partial charge in [0.25, 0.3) is 0 Å². The molecule has 8 heteroatoms. The number of hydrogen-bond donors (Lipinski definition) is 3. The van der Waals surface area contributed by atoms with Crippen molar-refractivity contribution in [2.24, 2.45) is 0 Å². The average molecular weight is 344 g/mol. The van der Waals surface area contributed by atoms with Crippen LogP contribution in [-0.2, 0) is 13.0 Å². The minimum absolute atomic E-state index is 0.432. The van der Waals surface area contributed by atoms with Gasteiger partial charge in [-0.15, -0.1) is 0 Å². The van der Waals surface area contributed by atoms with Gasteiger partial charge < -0.3 is 10.6 Å². The Hall–Kier alpha value is -2.67. The standard InChI is InChI=1S/C16H18ClN7/c1-2-4-12-7-14(24-23-12)21-15-13(17)10-20-16(22-15)19-9-11-5-3-6-18-8-11/h3,5-8,10H,2,4,9H2,1H3,(H3,19,20,21,22,23,24). The number of H-pyrrole nitrogens is 1. The van der Waals surface area contributed by atoms with Gasteiger partial charge in [-0.25, -0.2) is 4.98 Å². The third kappa shape index (κ3) is 4.20. The van der Waals surface area contributed by atoms with Gasteiger partial charge in [0.2, 0.25) is 5.95 Å². The molecule has 3 rings (SSSR count). The summed E-state index contributed by atoms with van der Waals surface area (Å²) in [6.07, 6.45) is 7.09. The van der Waals surface area contributed by atoms with Crippen molar-refractivity contribution in [1.29, 1.82) is 0 Å². The molecule has 0 spiro atoms. The fourth-order valence-corrected chi connectivity index (χ4v) is 2.31. The van der Waals surface area contributed by atoms with Crippen LogP contribution in [0.4, 0.5) is 17.6 Å². The lowest BCUT2D eigenvalue weighted by molar-refractivity contribution is 0.867. The SMILES string of the molecule is CCCc1cc(Nc2nc(NCc3cccnc3)ncc2Cl)n[nH]1. The summed E-state index contributed by atoms with van der Waals surface area (Å²) in [6.45, 7) is 2.70. The van der Waals surface area contributed by atoms with Gasteiger partial charge in [0.15, 0.2) is 11.6 Å². The number of nitrogens with one attached hydrogen (secondary N) is 3. The van der Waals surface area contributed by atoms with Gasteiger partial charge in [-0.3, -0.25) is 10.1 Å². The lowest BCUT2D eigenvalue weighted by Crippen LogP contribution is -2.05. The summed E-state index contributed by atoms with van der Waals surface area (Å²) in [4.78, 5) is 12.7. The highest BCUT2D eigenvalue weighted by molar-refractivity contribution is 6.32. The number of aromatic amines is 1. The molecule has 0 saturated carbocycles. The first-order valence-electron chi connectivity index (χ1n) is 7.71. The van der Waals surface area contributed by atoms with Crippen molar-refractivity contribution in [1.82, 2.24) is 25.1 Å². The molecule has 0 aliphatic heterocycles. The van der Waals surface area contributed by atoms with Crippen LogP contribution in [0.5, 0.6) is 0 Å². The van der Waals surface area contributed by atoms with Crippen LogP contribution in [0.2, 0.25) is 5.02 Å². The Morgan fingerprint density at radius 2 is 2.21 bits per heavy atom. The first-order valence-corrected chi connectivity index (χ1v) is 8.09. The second kappa shape index (κ2) is 7.74. The second-order valence-electron chi connectivity index (χ2n) is 5.26. The molecule has 0 unspecified atom stereocenters. The van der Waals surface area contributed by atoms with Gasteiger partial charge in [-0.1, -0.05) is 31.0 Å². The van der Waals surface area contributed by atoms with E-state index in [-0.39, 0.29) is 0 Å². The Bertz CT molecular complexity index is 788. The van der Waals surface area contributed by atoms with Crippen molar-refractivity contribution in [3.05, 3.63) is 53.1 Å². The highest BCUT2D eigenvalue weighted by atomic mass is 35.5. The Balaban J connectivity index is 1.68. The quantitative estimate of drug-likeness (QED) is 0.607. The maximum atomic E-state index is 6.17. The van der Waals surface area contributed by atoms with Gasteiger partial charge in [-0.05, 0) is 18.1 Å². The maximum absolute atomic E-state index is 6.17. The fraction of sp³-hybridized carbons (Fsp3) is 0.250. The molecule has 0 amide bonds. The van der Waals surface area contributed by atoms with E-state index in [0.29, 0.717) is 29.2 Å². The molecule has 24 heavy (non-hydrogen) atoms. The molecule has 3 N–H and O–H groups in total. The summed E-state index contributed by atoms with van der Waals surface area (Å²) < 4.78 is 0. The number of pyridine rings is 1. The van der Waals surface area contributed by atoms with Crippen LogP contribution in [-0.4, -0.2) is 25.1 Å². The van der Waals surface area contributed by atoms with Crippen LogP contribution < -0.4 is 10.6 Å². The zero-order valence-electron chi connectivity index (χ0n) is 13.3. The Kier molecular flexibility index (Phi) is 5.22. The van der Waals surface area contributed by atoms with Crippen molar-refractivity contribution in [2.75, 3.05) is 10.6 Å². The molecule has 7 nitrogen and oxygen atoms in total. The van der Waals surface area contributed by atoms with E-state index in [4.69, 9.17) is 11.6 Å². The van der Waals surface area contributed by atoms with Crippen LogP contribution in [0.3, 0.4) is 0 Å². The maximum Gasteiger partial charge on any atom is 0.224 e. The zero-order valence-corrected chi connectivity index (χ0v) is 14.0. The van der Waals surface area contributed by atoms with Crippen LogP contribution in [0.1, 0.15) is 24.6 Å². The van der Waals surface area contributed by atoms with Crippen molar-refractivity contribution in [2.45, 2.75) is 26.3 Å². The lowest BCUT2D eigenvalue weighted by Gasteiger charge is -2.08. The predicted molar refractivity (Wildman–Crippen MR) is 94.5 cm³/mol. The van der Waals surface area contributed by atoms with E-state index in [9.17, 15) is 0 Å². The molecule has 0 aliphatic carbocycles. The number of nitrogens with zero attached hydrogens (tertiary/aromatic N) is 4. The average Bonchev–Trinajstić information content (AvgIpc) is 3.04. The van der Waals surface area contributed by atoms with Crippen molar-refractivity contribution in [3.8, 4) is 0 Å². The molecule has 0 atom stereocenters. The minimum Gasteiger partial charge on any atom is -0.350 e. The van der Waals surface area contributed by atoms with E-state index in [1.54, 1.807) is 18.6 Å². The van der Waals surface area contributed by atoms with E-state index in [2.05, 4.69) is 42.7 Å². The van der Waals surface area contributed by atoms with Crippen LogP contribution >= 0.6 is 11.6 Å². The van der Waals surface area contributed by atoms with Gasteiger partial charge in [0.1, 0.15) is 5.02 Å². The fourth-order valence-electron chi connectivity index (χ4n) is 2.17. The molecular weight excluding hydrogens is 326 g/mol. The molecule has 3 aromatic rings. The third-order valence-electron chi connectivity index (χ3n) is 3.31. The smallest absolute Gasteiger partial charge is 0.224 e. The minimum atomic E-state index is 0.432. The topological polar surface area (TPSA) is 91.4 Å². The molecule has 3 heterocycles. The summed E-state index contributed by atoms with van der Waals surface area (Å²) >= 11 is 6.17. The molecular formula is C16H18ClN7. The summed E-state index contributed by atoms with van der Waals surface area (Å²) in [5, 5.41) is 13.9. The zero-order chi connectivity index (χ0) is 16.8. The van der Waals surface area contributed by atoms with Crippen molar-refractivity contribution in [3.63, 3.8) is 0 Å². The lowest BCUT2D eigenvalue weighted by atomic mass is 10.2. The Labute approximate surface area is 144 Å². The van der Waals surface area contributed by atoms with Crippen LogP contribution in [0.15, 0.2) is 36.8 Å². The molecule has 0 saturated heterocycles. The number of rotatable bonds is 7. The number of aryl methyl sites for hydroxylation is 1. The van der Waals surface area contributed by atoms with Gasteiger partial charge >= 0.3 is 0 Å². The molecule has 3 aromatic heterocycles. The van der Waals surface area contributed by atoms with Gasteiger partial charge in [0.05, 0.1) is 6.20 Å². The monoisotopic (exact) mass is 343 g/mol. The van der Waals surface area contributed by atoms with E-state index in [1.807, 2.05) is 18.2 Å². The Morgan fingerprint density at radius 1 is 1.29 bits per heavy atom.